The van der Waals surface area contributed by atoms with Crippen LogP contribution in [0.1, 0.15) is 44.2 Å². The monoisotopic (exact) mass is 306 g/mol. The molecule has 0 aliphatic heterocycles. The van der Waals surface area contributed by atoms with Crippen molar-refractivity contribution in [2.75, 3.05) is 13.7 Å². The highest BCUT2D eigenvalue weighted by Crippen LogP contribution is 2.30. The lowest BCUT2D eigenvalue weighted by Crippen LogP contribution is -2.27. The fraction of sp³-hybridized carbons (Fsp3) is 0.588. The summed E-state index contributed by atoms with van der Waals surface area (Å²) < 4.78 is 5.42. The van der Waals surface area contributed by atoms with Crippen LogP contribution in [-0.2, 0) is 6.54 Å². The topological polar surface area (TPSA) is 38.5 Å². The number of hydrogen-bond acceptors (Lipinski definition) is 3. The smallest absolute Gasteiger partial charge is 0.129 e. The van der Waals surface area contributed by atoms with Crippen LogP contribution < -0.4 is 10.5 Å². The Bertz CT molecular complexity index is 498. The van der Waals surface area contributed by atoms with Gasteiger partial charge in [-0.3, -0.25) is 4.90 Å². The van der Waals surface area contributed by atoms with E-state index in [0.29, 0.717) is 4.99 Å². The second kappa shape index (κ2) is 7.23. The molecule has 0 aromatic heterocycles. The van der Waals surface area contributed by atoms with E-state index in [1.807, 2.05) is 6.07 Å². The Labute approximate surface area is 133 Å². The predicted octanol–water partition coefficient (Wildman–Crippen LogP) is 3.34. The normalized spacial score (nSPS) is 14.7. The van der Waals surface area contributed by atoms with Crippen molar-refractivity contribution in [2.45, 2.75) is 45.7 Å². The van der Waals surface area contributed by atoms with Crippen molar-refractivity contribution in [2.24, 2.45) is 11.7 Å². The molecule has 0 heterocycles. The van der Waals surface area contributed by atoms with Gasteiger partial charge in [0.05, 0.1) is 12.7 Å². The Kier molecular flexibility index (Phi) is 5.59. The van der Waals surface area contributed by atoms with Gasteiger partial charge in [0.2, 0.25) is 0 Å². The van der Waals surface area contributed by atoms with Gasteiger partial charge >= 0.3 is 0 Å². The Morgan fingerprint density at radius 3 is 2.67 bits per heavy atom. The van der Waals surface area contributed by atoms with Gasteiger partial charge in [-0.05, 0) is 49.4 Å². The highest BCUT2D eigenvalue weighted by Gasteiger charge is 2.28. The fourth-order valence-corrected chi connectivity index (χ4v) is 2.70. The highest BCUT2D eigenvalue weighted by molar-refractivity contribution is 7.80. The minimum Gasteiger partial charge on any atom is -0.496 e. The number of ether oxygens (including phenoxy) is 1. The largest absolute Gasteiger partial charge is 0.496 e. The molecule has 21 heavy (non-hydrogen) atoms. The first-order valence-electron chi connectivity index (χ1n) is 7.72. The molecule has 116 valence electrons. The minimum atomic E-state index is 0.386. The summed E-state index contributed by atoms with van der Waals surface area (Å²) in [5.41, 5.74) is 7.80. The van der Waals surface area contributed by atoms with Crippen molar-refractivity contribution in [3.63, 3.8) is 0 Å². The molecular formula is C17H26N2OS. The number of thiocarbonyl (C=S) groups is 1. The van der Waals surface area contributed by atoms with Crippen molar-refractivity contribution in [1.82, 2.24) is 4.90 Å². The third kappa shape index (κ3) is 4.68. The van der Waals surface area contributed by atoms with E-state index < -0.39 is 0 Å². The average molecular weight is 306 g/mol. The van der Waals surface area contributed by atoms with Crippen LogP contribution in [0.3, 0.4) is 0 Å². The molecule has 3 nitrogen and oxygen atoms in total. The van der Waals surface area contributed by atoms with Gasteiger partial charge in [-0.15, -0.1) is 0 Å². The molecule has 0 spiro atoms. The van der Waals surface area contributed by atoms with Crippen LogP contribution in [0.25, 0.3) is 0 Å². The first-order valence-corrected chi connectivity index (χ1v) is 8.13. The minimum absolute atomic E-state index is 0.386. The zero-order valence-electron chi connectivity index (χ0n) is 13.3. The fourth-order valence-electron chi connectivity index (χ4n) is 2.53. The summed E-state index contributed by atoms with van der Waals surface area (Å²) in [4.78, 5) is 2.98. The van der Waals surface area contributed by atoms with Gasteiger partial charge in [0.25, 0.3) is 0 Å². The highest BCUT2D eigenvalue weighted by atomic mass is 32.1. The molecule has 1 saturated carbocycles. The van der Waals surface area contributed by atoms with Crippen LogP contribution in [-0.4, -0.2) is 29.6 Å². The van der Waals surface area contributed by atoms with E-state index in [2.05, 4.69) is 30.9 Å². The van der Waals surface area contributed by atoms with Crippen LogP contribution in [0.2, 0.25) is 0 Å². The number of benzene rings is 1. The summed E-state index contributed by atoms with van der Waals surface area (Å²) in [6.07, 6.45) is 3.92. The zero-order valence-corrected chi connectivity index (χ0v) is 14.1. The van der Waals surface area contributed by atoms with E-state index in [0.717, 1.165) is 29.8 Å². The van der Waals surface area contributed by atoms with Crippen LogP contribution >= 0.6 is 12.2 Å². The molecule has 0 bridgehead atoms. The lowest BCUT2D eigenvalue weighted by Gasteiger charge is -2.23. The lowest BCUT2D eigenvalue weighted by atomic mass is 10.1. The Balaban J connectivity index is 2.07. The summed E-state index contributed by atoms with van der Waals surface area (Å²) in [7, 11) is 1.66. The van der Waals surface area contributed by atoms with Crippen molar-refractivity contribution in [1.29, 1.82) is 0 Å². The van der Waals surface area contributed by atoms with E-state index in [9.17, 15) is 0 Å². The van der Waals surface area contributed by atoms with E-state index in [4.69, 9.17) is 22.7 Å². The molecule has 1 aromatic rings. The maximum atomic E-state index is 5.72. The molecule has 2 rings (SSSR count). The third-order valence-corrected chi connectivity index (χ3v) is 4.19. The molecular weight excluding hydrogens is 280 g/mol. The molecule has 1 aliphatic rings. The van der Waals surface area contributed by atoms with E-state index >= 15 is 0 Å². The Morgan fingerprint density at radius 1 is 1.43 bits per heavy atom. The van der Waals surface area contributed by atoms with Crippen molar-refractivity contribution < 1.29 is 4.74 Å². The molecule has 1 aromatic carbocycles. The summed E-state index contributed by atoms with van der Waals surface area (Å²) in [5.74, 6) is 1.53. The molecule has 4 heteroatoms. The quantitative estimate of drug-likeness (QED) is 0.748. The van der Waals surface area contributed by atoms with Gasteiger partial charge in [-0.25, -0.2) is 0 Å². The molecule has 2 N–H and O–H groups in total. The van der Waals surface area contributed by atoms with Crippen molar-refractivity contribution in [3.05, 3.63) is 29.3 Å². The second-order valence-electron chi connectivity index (χ2n) is 6.28. The van der Waals surface area contributed by atoms with Gasteiger partial charge in [-0.1, -0.05) is 32.1 Å². The Morgan fingerprint density at radius 2 is 2.14 bits per heavy atom. The average Bonchev–Trinajstić information content (AvgIpc) is 3.27. The van der Waals surface area contributed by atoms with Gasteiger partial charge < -0.3 is 10.5 Å². The summed E-state index contributed by atoms with van der Waals surface area (Å²) in [6, 6.07) is 6.93. The van der Waals surface area contributed by atoms with Crippen LogP contribution in [0.4, 0.5) is 0 Å². The van der Waals surface area contributed by atoms with Gasteiger partial charge in [-0.2, -0.15) is 0 Å². The van der Waals surface area contributed by atoms with Gasteiger partial charge in [0.1, 0.15) is 10.7 Å². The Hall–Kier alpha value is -1.13. The third-order valence-electron chi connectivity index (χ3n) is 3.97. The number of nitrogens with zero attached hydrogens (tertiary/aromatic N) is 1. The van der Waals surface area contributed by atoms with Crippen LogP contribution in [0, 0.1) is 5.92 Å². The number of hydrogen-bond donors (Lipinski definition) is 1. The predicted molar refractivity (Wildman–Crippen MR) is 91.8 cm³/mol. The van der Waals surface area contributed by atoms with Crippen LogP contribution in [0.15, 0.2) is 18.2 Å². The first kappa shape index (κ1) is 16.2. The second-order valence-corrected chi connectivity index (χ2v) is 6.72. The van der Waals surface area contributed by atoms with Crippen LogP contribution in [0.5, 0.6) is 5.75 Å². The molecule has 0 atom stereocenters. The molecule has 1 aliphatic carbocycles. The molecule has 0 unspecified atom stereocenters. The van der Waals surface area contributed by atoms with E-state index in [1.165, 1.54) is 31.4 Å². The summed E-state index contributed by atoms with van der Waals surface area (Å²) in [5, 5.41) is 0. The first-order chi connectivity index (χ1) is 10.0. The maximum Gasteiger partial charge on any atom is 0.129 e. The number of nitrogens with two attached hydrogens (primary N) is 1. The molecule has 0 radical (unpaired) electrons. The maximum absolute atomic E-state index is 5.72. The standard InChI is InChI=1S/C17H26N2OS/c1-12(2)8-9-19(14-5-6-14)11-13-4-7-15(17(18)21)16(10-13)20-3/h4,7,10,12,14H,5-6,8-9,11H2,1-3H3,(H2,18,21). The summed E-state index contributed by atoms with van der Waals surface area (Å²) in [6.45, 7) is 6.71. The molecule has 1 fully saturated rings. The summed E-state index contributed by atoms with van der Waals surface area (Å²) >= 11 is 5.06. The van der Waals surface area contributed by atoms with Gasteiger partial charge in [0.15, 0.2) is 0 Å². The molecule has 0 saturated heterocycles. The number of rotatable bonds is 8. The van der Waals surface area contributed by atoms with Crippen molar-refractivity contribution >= 4 is 17.2 Å². The SMILES string of the molecule is COc1cc(CN(CCC(C)C)C2CC2)ccc1C(N)=S. The van der Waals surface area contributed by atoms with Crippen molar-refractivity contribution in [3.8, 4) is 5.75 Å². The number of methoxy groups -OCH3 is 1. The zero-order chi connectivity index (χ0) is 15.4. The lowest BCUT2D eigenvalue weighted by molar-refractivity contribution is 0.239. The molecule has 0 amide bonds. The van der Waals surface area contributed by atoms with Gasteiger partial charge in [0, 0.05) is 12.6 Å². The van der Waals surface area contributed by atoms with E-state index in [-0.39, 0.29) is 0 Å². The van der Waals surface area contributed by atoms with E-state index in [1.54, 1.807) is 7.11 Å².